The third kappa shape index (κ3) is 2.17. The van der Waals surface area contributed by atoms with Crippen molar-refractivity contribution >= 4 is 23.4 Å². The van der Waals surface area contributed by atoms with E-state index in [-0.39, 0.29) is 5.91 Å². The van der Waals surface area contributed by atoms with Crippen molar-refractivity contribution in [2.75, 3.05) is 7.05 Å². The smallest absolute Gasteiger partial charge is 0.259 e. The zero-order valence-electron chi connectivity index (χ0n) is 10.5. The molecule has 2 aromatic carbocycles. The van der Waals surface area contributed by atoms with Crippen molar-refractivity contribution in [3.8, 4) is 0 Å². The number of fused-ring (bicyclic) bond motifs is 1. The Labute approximate surface area is 116 Å². The summed E-state index contributed by atoms with van der Waals surface area (Å²) in [4.78, 5) is 15.2. The van der Waals surface area contributed by atoms with Gasteiger partial charge in [-0.05, 0) is 17.7 Å². The van der Waals surface area contributed by atoms with Crippen LogP contribution < -0.4 is 0 Å². The zero-order chi connectivity index (χ0) is 13.2. The van der Waals surface area contributed by atoms with E-state index in [1.165, 1.54) is 0 Å². The molecule has 2 aromatic rings. The summed E-state index contributed by atoms with van der Waals surface area (Å²) in [6.45, 7) is 0. The number of amides is 1. The van der Waals surface area contributed by atoms with E-state index in [2.05, 4.69) is 0 Å². The molecule has 1 heterocycles. The summed E-state index contributed by atoms with van der Waals surface area (Å²) >= 11 is 1.60. The van der Waals surface area contributed by atoms with Gasteiger partial charge in [-0.3, -0.25) is 4.79 Å². The van der Waals surface area contributed by atoms with Crippen LogP contribution in [0.2, 0.25) is 0 Å². The van der Waals surface area contributed by atoms with E-state index in [0.717, 1.165) is 21.7 Å². The lowest BCUT2D eigenvalue weighted by Crippen LogP contribution is -2.24. The first-order valence-corrected chi connectivity index (χ1v) is 6.94. The lowest BCUT2D eigenvalue weighted by atomic mass is 10.1. The highest BCUT2D eigenvalue weighted by Crippen LogP contribution is 2.33. The zero-order valence-corrected chi connectivity index (χ0v) is 11.4. The summed E-state index contributed by atoms with van der Waals surface area (Å²) < 4.78 is 0. The van der Waals surface area contributed by atoms with Crippen molar-refractivity contribution in [3.63, 3.8) is 0 Å². The van der Waals surface area contributed by atoms with Crippen LogP contribution in [0.3, 0.4) is 0 Å². The molecule has 0 aliphatic carbocycles. The molecule has 0 saturated heterocycles. The molecule has 0 unspecified atom stereocenters. The minimum absolute atomic E-state index is 0.0377. The minimum Gasteiger partial charge on any atom is -0.310 e. The van der Waals surface area contributed by atoms with Crippen LogP contribution in [0.5, 0.6) is 0 Å². The predicted octanol–water partition coefficient (Wildman–Crippen LogP) is 3.86. The van der Waals surface area contributed by atoms with E-state index in [9.17, 15) is 4.79 Å². The highest BCUT2D eigenvalue weighted by atomic mass is 32.2. The molecule has 1 aliphatic rings. The highest BCUT2D eigenvalue weighted by Gasteiger charge is 2.22. The molecule has 0 spiro atoms. The first kappa shape index (κ1) is 12.1. The number of carbonyl (C=O) groups excluding carboxylic acids is 1. The van der Waals surface area contributed by atoms with Gasteiger partial charge in [-0.15, -0.1) is 0 Å². The first-order valence-electron chi connectivity index (χ1n) is 6.07. The van der Waals surface area contributed by atoms with Crippen molar-refractivity contribution < 1.29 is 4.79 Å². The molecule has 0 aromatic heterocycles. The fourth-order valence-electron chi connectivity index (χ4n) is 2.11. The lowest BCUT2D eigenvalue weighted by molar-refractivity contribution is 0.0858. The molecular formula is C16H13NOS. The summed E-state index contributed by atoms with van der Waals surface area (Å²) in [5, 5.41) is 2.04. The Hall–Kier alpha value is -2.00. The molecule has 0 N–H and O–H groups in total. The molecule has 1 aliphatic heterocycles. The Balaban J connectivity index is 2.07. The summed E-state index contributed by atoms with van der Waals surface area (Å²) in [5.41, 5.74) is 2.75. The maximum Gasteiger partial charge on any atom is 0.259 e. The number of hydrogen-bond donors (Lipinski definition) is 0. The standard InChI is InChI=1S/C16H13NOS/c1-17-14(12-7-3-2-4-8-12)11-19-15-10-6-5-9-13(15)16(17)18/h2-11H,1H3. The van der Waals surface area contributed by atoms with Crippen LogP contribution in [-0.2, 0) is 0 Å². The maximum atomic E-state index is 12.5. The second-order valence-electron chi connectivity index (χ2n) is 4.35. The third-order valence-electron chi connectivity index (χ3n) is 3.15. The summed E-state index contributed by atoms with van der Waals surface area (Å²) in [6.07, 6.45) is 0. The Morgan fingerprint density at radius 3 is 2.42 bits per heavy atom. The Bertz CT molecular complexity index is 649. The van der Waals surface area contributed by atoms with Gasteiger partial charge >= 0.3 is 0 Å². The fourth-order valence-corrected chi connectivity index (χ4v) is 3.08. The van der Waals surface area contributed by atoms with Gasteiger partial charge in [0.1, 0.15) is 0 Å². The van der Waals surface area contributed by atoms with Crippen LogP contribution in [0.25, 0.3) is 5.70 Å². The van der Waals surface area contributed by atoms with Gasteiger partial charge in [-0.2, -0.15) is 0 Å². The van der Waals surface area contributed by atoms with E-state index < -0.39 is 0 Å². The van der Waals surface area contributed by atoms with Crippen molar-refractivity contribution in [1.29, 1.82) is 0 Å². The van der Waals surface area contributed by atoms with Crippen LogP contribution in [-0.4, -0.2) is 17.9 Å². The normalized spacial score (nSPS) is 14.7. The number of thioether (sulfide) groups is 1. The monoisotopic (exact) mass is 267 g/mol. The molecular weight excluding hydrogens is 254 g/mol. The maximum absolute atomic E-state index is 12.5. The number of benzene rings is 2. The molecule has 0 radical (unpaired) electrons. The molecule has 0 bridgehead atoms. The number of carbonyl (C=O) groups is 1. The second kappa shape index (κ2) is 4.94. The summed E-state index contributed by atoms with van der Waals surface area (Å²) in [7, 11) is 1.82. The SMILES string of the molecule is CN1C(=O)c2ccccc2SC=C1c1ccccc1. The van der Waals surface area contributed by atoms with Crippen LogP contribution in [0.15, 0.2) is 64.9 Å². The van der Waals surface area contributed by atoms with E-state index in [1.807, 2.05) is 67.1 Å². The fraction of sp³-hybridized carbons (Fsp3) is 0.0625. The quantitative estimate of drug-likeness (QED) is 0.782. The molecule has 0 fully saturated rings. The average molecular weight is 267 g/mol. The average Bonchev–Trinajstić information content (AvgIpc) is 2.59. The third-order valence-corrected chi connectivity index (χ3v) is 4.10. The van der Waals surface area contributed by atoms with Gasteiger partial charge in [-0.1, -0.05) is 54.2 Å². The highest BCUT2D eigenvalue weighted by molar-refractivity contribution is 8.02. The van der Waals surface area contributed by atoms with Crippen molar-refractivity contribution in [2.24, 2.45) is 0 Å². The molecule has 3 heteroatoms. The molecule has 19 heavy (non-hydrogen) atoms. The van der Waals surface area contributed by atoms with Gasteiger partial charge in [0.25, 0.3) is 5.91 Å². The molecule has 3 rings (SSSR count). The van der Waals surface area contributed by atoms with Crippen molar-refractivity contribution in [1.82, 2.24) is 4.90 Å². The van der Waals surface area contributed by atoms with Gasteiger partial charge in [0, 0.05) is 17.4 Å². The Kier molecular flexibility index (Phi) is 3.13. The van der Waals surface area contributed by atoms with Crippen LogP contribution in [0.4, 0.5) is 0 Å². The Morgan fingerprint density at radius 2 is 1.63 bits per heavy atom. The predicted molar refractivity (Wildman–Crippen MR) is 78.8 cm³/mol. The molecule has 94 valence electrons. The van der Waals surface area contributed by atoms with Gasteiger partial charge in [-0.25, -0.2) is 0 Å². The van der Waals surface area contributed by atoms with Gasteiger partial charge < -0.3 is 4.90 Å². The second-order valence-corrected chi connectivity index (χ2v) is 5.26. The van der Waals surface area contributed by atoms with E-state index in [1.54, 1.807) is 16.7 Å². The minimum atomic E-state index is 0.0377. The van der Waals surface area contributed by atoms with Crippen molar-refractivity contribution in [3.05, 3.63) is 71.1 Å². The molecule has 0 atom stereocenters. The van der Waals surface area contributed by atoms with Crippen LogP contribution in [0.1, 0.15) is 15.9 Å². The first-order chi connectivity index (χ1) is 9.27. The van der Waals surface area contributed by atoms with Crippen molar-refractivity contribution in [2.45, 2.75) is 4.90 Å². The van der Waals surface area contributed by atoms with E-state index in [4.69, 9.17) is 0 Å². The summed E-state index contributed by atoms with van der Waals surface area (Å²) in [5.74, 6) is 0.0377. The van der Waals surface area contributed by atoms with Gasteiger partial charge in [0.05, 0.1) is 11.3 Å². The largest absolute Gasteiger partial charge is 0.310 e. The van der Waals surface area contributed by atoms with Crippen LogP contribution in [0, 0.1) is 0 Å². The lowest BCUT2D eigenvalue weighted by Gasteiger charge is -2.19. The van der Waals surface area contributed by atoms with Gasteiger partial charge in [0.2, 0.25) is 0 Å². The summed E-state index contributed by atoms with van der Waals surface area (Å²) in [6, 6.07) is 17.7. The number of hydrogen-bond acceptors (Lipinski definition) is 2. The molecule has 1 amide bonds. The topological polar surface area (TPSA) is 20.3 Å². The molecule has 2 nitrogen and oxygen atoms in total. The Morgan fingerprint density at radius 1 is 0.947 bits per heavy atom. The number of rotatable bonds is 1. The van der Waals surface area contributed by atoms with E-state index in [0.29, 0.717) is 0 Å². The molecule has 0 saturated carbocycles. The number of nitrogens with zero attached hydrogens (tertiary/aromatic N) is 1. The van der Waals surface area contributed by atoms with E-state index >= 15 is 0 Å². The van der Waals surface area contributed by atoms with Crippen LogP contribution >= 0.6 is 11.8 Å². The van der Waals surface area contributed by atoms with Gasteiger partial charge in [0.15, 0.2) is 0 Å².